The summed E-state index contributed by atoms with van der Waals surface area (Å²) in [6, 6.07) is 4.49. The molecular formula is C17H19FN2O6. The molecule has 1 atom stereocenters. The number of rotatable bonds is 7. The normalized spacial score (nSPS) is 16.4. The predicted molar refractivity (Wildman–Crippen MR) is 87.6 cm³/mol. The SMILES string of the molecule is CCOC(=O)C1=C(COC(=O)COc2ccccc2F)NC(=O)N[C@@H]1C. The van der Waals surface area contributed by atoms with Gasteiger partial charge in [0.05, 0.1) is 23.9 Å². The van der Waals surface area contributed by atoms with Crippen molar-refractivity contribution in [3.63, 3.8) is 0 Å². The van der Waals surface area contributed by atoms with Gasteiger partial charge in [-0.15, -0.1) is 0 Å². The van der Waals surface area contributed by atoms with Crippen LogP contribution in [-0.4, -0.2) is 43.8 Å². The molecule has 2 N–H and O–H groups in total. The number of ether oxygens (including phenoxy) is 3. The third kappa shape index (κ3) is 4.95. The standard InChI is InChI=1S/C17H19FN2O6/c1-3-24-16(22)15-10(2)19-17(23)20-12(15)8-26-14(21)9-25-13-7-5-4-6-11(13)18/h4-7,10H,3,8-9H2,1-2H3,(H2,19,20,23)/t10-/m1/s1. The number of carbonyl (C=O) groups is 3. The van der Waals surface area contributed by atoms with E-state index in [-0.39, 0.29) is 30.2 Å². The van der Waals surface area contributed by atoms with Gasteiger partial charge in [0.1, 0.15) is 6.61 Å². The van der Waals surface area contributed by atoms with Gasteiger partial charge in [-0.2, -0.15) is 0 Å². The molecule has 0 aliphatic carbocycles. The maximum absolute atomic E-state index is 13.4. The first kappa shape index (κ1) is 19.2. The highest BCUT2D eigenvalue weighted by Crippen LogP contribution is 2.16. The molecule has 0 saturated heterocycles. The molecule has 8 nitrogen and oxygen atoms in total. The van der Waals surface area contributed by atoms with Gasteiger partial charge in [-0.25, -0.2) is 18.8 Å². The van der Waals surface area contributed by atoms with Crippen LogP contribution >= 0.6 is 0 Å². The van der Waals surface area contributed by atoms with Crippen LogP contribution < -0.4 is 15.4 Å². The number of urea groups is 1. The van der Waals surface area contributed by atoms with Crippen molar-refractivity contribution in [2.24, 2.45) is 0 Å². The summed E-state index contributed by atoms with van der Waals surface area (Å²) in [6.07, 6.45) is 0. The Morgan fingerprint density at radius 3 is 2.65 bits per heavy atom. The largest absolute Gasteiger partial charge is 0.479 e. The minimum atomic E-state index is -0.788. The molecule has 1 aromatic carbocycles. The van der Waals surface area contributed by atoms with Gasteiger partial charge in [0, 0.05) is 0 Å². The van der Waals surface area contributed by atoms with E-state index in [4.69, 9.17) is 14.2 Å². The molecule has 0 spiro atoms. The minimum absolute atomic E-state index is 0.0836. The molecule has 9 heteroatoms. The Kier molecular flexibility index (Phi) is 6.54. The van der Waals surface area contributed by atoms with Crippen molar-refractivity contribution >= 4 is 18.0 Å². The van der Waals surface area contributed by atoms with E-state index in [9.17, 15) is 18.8 Å². The summed E-state index contributed by atoms with van der Waals surface area (Å²) in [5, 5.41) is 4.95. The summed E-state index contributed by atoms with van der Waals surface area (Å²) in [4.78, 5) is 35.4. The third-order valence-corrected chi connectivity index (χ3v) is 3.43. The molecule has 0 saturated carbocycles. The monoisotopic (exact) mass is 366 g/mol. The van der Waals surface area contributed by atoms with Crippen LogP contribution in [-0.2, 0) is 19.1 Å². The summed E-state index contributed by atoms with van der Waals surface area (Å²) in [6.45, 7) is 2.54. The van der Waals surface area contributed by atoms with Crippen molar-refractivity contribution in [1.29, 1.82) is 0 Å². The molecule has 2 rings (SSSR count). The van der Waals surface area contributed by atoms with E-state index in [1.54, 1.807) is 19.9 Å². The summed E-state index contributed by atoms with van der Waals surface area (Å²) in [5.41, 5.74) is 0.285. The maximum Gasteiger partial charge on any atom is 0.344 e. The fraction of sp³-hybridized carbons (Fsp3) is 0.353. The summed E-state index contributed by atoms with van der Waals surface area (Å²) in [5.74, 6) is -2.10. The van der Waals surface area contributed by atoms with E-state index in [1.807, 2.05) is 0 Å². The van der Waals surface area contributed by atoms with Crippen molar-refractivity contribution in [3.8, 4) is 5.75 Å². The number of nitrogens with one attached hydrogen (secondary N) is 2. The van der Waals surface area contributed by atoms with Crippen molar-refractivity contribution in [2.45, 2.75) is 19.9 Å². The second-order valence-electron chi connectivity index (χ2n) is 5.31. The van der Waals surface area contributed by atoms with Crippen LogP contribution in [0.25, 0.3) is 0 Å². The number of esters is 2. The zero-order chi connectivity index (χ0) is 19.1. The molecule has 140 valence electrons. The van der Waals surface area contributed by atoms with Gasteiger partial charge in [0.15, 0.2) is 18.2 Å². The highest BCUT2D eigenvalue weighted by Gasteiger charge is 2.30. The van der Waals surface area contributed by atoms with E-state index < -0.39 is 36.4 Å². The summed E-state index contributed by atoms with van der Waals surface area (Å²) in [7, 11) is 0. The molecule has 0 unspecified atom stereocenters. The van der Waals surface area contributed by atoms with Gasteiger partial charge in [0.2, 0.25) is 0 Å². The Balaban J connectivity index is 1.99. The molecule has 0 aromatic heterocycles. The Morgan fingerprint density at radius 1 is 1.23 bits per heavy atom. The molecule has 1 aromatic rings. The first-order valence-corrected chi connectivity index (χ1v) is 7.93. The molecule has 1 heterocycles. The van der Waals surface area contributed by atoms with Crippen LogP contribution in [0.15, 0.2) is 35.5 Å². The topological polar surface area (TPSA) is 103 Å². The highest BCUT2D eigenvalue weighted by molar-refractivity contribution is 5.94. The lowest BCUT2D eigenvalue weighted by Crippen LogP contribution is -2.50. The molecule has 0 bridgehead atoms. The number of amides is 2. The van der Waals surface area contributed by atoms with E-state index >= 15 is 0 Å². The smallest absolute Gasteiger partial charge is 0.344 e. The first-order chi connectivity index (χ1) is 12.4. The number of carbonyl (C=O) groups excluding carboxylic acids is 3. The van der Waals surface area contributed by atoms with Crippen LogP contribution in [0.5, 0.6) is 5.75 Å². The van der Waals surface area contributed by atoms with Gasteiger partial charge in [-0.3, -0.25) is 0 Å². The zero-order valence-corrected chi connectivity index (χ0v) is 14.3. The van der Waals surface area contributed by atoms with Crippen molar-refractivity contribution in [3.05, 3.63) is 41.4 Å². The number of para-hydroxylation sites is 1. The summed E-state index contributed by atoms with van der Waals surface area (Å²) < 4.78 is 28.4. The number of hydrogen-bond donors (Lipinski definition) is 2. The van der Waals surface area contributed by atoms with Gasteiger partial charge >= 0.3 is 18.0 Å². The van der Waals surface area contributed by atoms with E-state index in [1.165, 1.54) is 18.2 Å². The minimum Gasteiger partial charge on any atom is -0.479 e. The van der Waals surface area contributed by atoms with Crippen molar-refractivity contribution < 1.29 is 33.0 Å². The molecule has 0 radical (unpaired) electrons. The molecule has 26 heavy (non-hydrogen) atoms. The van der Waals surface area contributed by atoms with Crippen LogP contribution in [0.4, 0.5) is 9.18 Å². The molecule has 1 aliphatic rings. The average molecular weight is 366 g/mol. The van der Waals surface area contributed by atoms with Crippen LogP contribution in [0.3, 0.4) is 0 Å². The van der Waals surface area contributed by atoms with E-state index in [0.717, 1.165) is 0 Å². The fourth-order valence-corrected chi connectivity index (χ4v) is 2.29. The van der Waals surface area contributed by atoms with Crippen LogP contribution in [0, 0.1) is 5.82 Å². The maximum atomic E-state index is 13.4. The van der Waals surface area contributed by atoms with Crippen molar-refractivity contribution in [1.82, 2.24) is 10.6 Å². The lowest BCUT2D eigenvalue weighted by atomic mass is 10.0. The number of benzene rings is 1. The highest BCUT2D eigenvalue weighted by atomic mass is 19.1. The van der Waals surface area contributed by atoms with E-state index in [0.29, 0.717) is 0 Å². The number of hydrogen-bond acceptors (Lipinski definition) is 6. The van der Waals surface area contributed by atoms with Crippen LogP contribution in [0.1, 0.15) is 13.8 Å². The Hall–Kier alpha value is -3.10. The Labute approximate surface area is 149 Å². The van der Waals surface area contributed by atoms with Crippen LogP contribution in [0.2, 0.25) is 0 Å². The fourth-order valence-electron chi connectivity index (χ4n) is 2.29. The van der Waals surface area contributed by atoms with Gasteiger partial charge in [-0.1, -0.05) is 12.1 Å². The second kappa shape index (κ2) is 8.84. The average Bonchev–Trinajstić information content (AvgIpc) is 2.58. The Bertz CT molecular complexity index is 734. The zero-order valence-electron chi connectivity index (χ0n) is 14.3. The lowest BCUT2D eigenvalue weighted by Gasteiger charge is -2.26. The predicted octanol–water partition coefficient (Wildman–Crippen LogP) is 1.27. The quantitative estimate of drug-likeness (QED) is 0.705. The number of halogens is 1. The van der Waals surface area contributed by atoms with E-state index in [2.05, 4.69) is 10.6 Å². The summed E-state index contributed by atoms with van der Waals surface area (Å²) >= 11 is 0. The van der Waals surface area contributed by atoms with Crippen molar-refractivity contribution in [2.75, 3.05) is 19.8 Å². The third-order valence-electron chi connectivity index (χ3n) is 3.43. The Morgan fingerprint density at radius 2 is 1.96 bits per heavy atom. The van der Waals surface area contributed by atoms with Gasteiger partial charge in [-0.05, 0) is 26.0 Å². The van der Waals surface area contributed by atoms with Gasteiger partial charge in [0.25, 0.3) is 0 Å². The molecule has 0 fully saturated rings. The molecule has 1 aliphatic heterocycles. The second-order valence-corrected chi connectivity index (χ2v) is 5.31. The molecular weight excluding hydrogens is 347 g/mol. The first-order valence-electron chi connectivity index (χ1n) is 7.93. The lowest BCUT2D eigenvalue weighted by molar-refractivity contribution is -0.145. The molecule has 2 amide bonds. The van der Waals surface area contributed by atoms with Gasteiger partial charge < -0.3 is 24.8 Å².